The average Bonchev–Trinajstić information content (AvgIpc) is 2.90. The van der Waals surface area contributed by atoms with Gasteiger partial charge in [-0.3, -0.25) is 4.79 Å². The predicted molar refractivity (Wildman–Crippen MR) is 78.3 cm³/mol. The Morgan fingerprint density at radius 1 is 1.24 bits per heavy atom. The molecular formula is C15H24N4O2. The van der Waals surface area contributed by atoms with Crippen LogP contribution in [0.2, 0.25) is 0 Å². The Kier molecular flexibility index (Phi) is 3.97. The van der Waals surface area contributed by atoms with E-state index < -0.39 is 11.9 Å². The Morgan fingerprint density at radius 3 is 2.57 bits per heavy atom. The molecule has 1 N–H and O–H groups in total. The Balaban J connectivity index is 1.75. The number of aliphatic carboxylic acids is 1. The topological polar surface area (TPSA) is 71.2 Å². The van der Waals surface area contributed by atoms with E-state index in [1.807, 2.05) is 4.68 Å². The van der Waals surface area contributed by atoms with E-state index >= 15 is 0 Å². The summed E-state index contributed by atoms with van der Waals surface area (Å²) in [5, 5.41) is 13.9. The first-order valence-electron chi connectivity index (χ1n) is 7.97. The lowest BCUT2D eigenvalue weighted by Gasteiger charge is -2.33. The summed E-state index contributed by atoms with van der Waals surface area (Å²) in [7, 11) is 0. The molecule has 0 radical (unpaired) electrons. The fourth-order valence-corrected chi connectivity index (χ4v) is 3.45. The van der Waals surface area contributed by atoms with Crippen molar-refractivity contribution in [3.63, 3.8) is 0 Å². The number of rotatable bonds is 3. The summed E-state index contributed by atoms with van der Waals surface area (Å²) >= 11 is 0. The maximum absolute atomic E-state index is 11.3. The molecule has 3 rings (SSSR count). The first kappa shape index (κ1) is 14.5. The van der Waals surface area contributed by atoms with Crippen LogP contribution in [0.15, 0.2) is 0 Å². The highest BCUT2D eigenvalue weighted by Gasteiger charge is 2.32. The lowest BCUT2D eigenvalue weighted by Crippen LogP contribution is -2.38. The quantitative estimate of drug-likeness (QED) is 0.920. The molecule has 0 amide bonds. The number of likely N-dealkylation sites (tertiary alicyclic amines) is 1. The van der Waals surface area contributed by atoms with Gasteiger partial charge in [-0.2, -0.15) is 5.10 Å². The molecule has 1 atom stereocenters. The Hall–Kier alpha value is -1.43. The second kappa shape index (κ2) is 5.75. The molecular weight excluding hydrogens is 268 g/mol. The SMILES string of the molecule is CC(C)N1CCC(c2nc3n(n2)CCCC3C(=O)O)CC1. The highest BCUT2D eigenvalue weighted by Crippen LogP contribution is 2.31. The van der Waals surface area contributed by atoms with E-state index in [1.165, 1.54) is 0 Å². The van der Waals surface area contributed by atoms with Crippen molar-refractivity contribution < 1.29 is 9.90 Å². The number of hydrogen-bond acceptors (Lipinski definition) is 4. The monoisotopic (exact) mass is 292 g/mol. The number of nitrogens with zero attached hydrogens (tertiary/aromatic N) is 4. The van der Waals surface area contributed by atoms with E-state index in [0.717, 1.165) is 44.7 Å². The van der Waals surface area contributed by atoms with Crippen molar-refractivity contribution in [3.8, 4) is 0 Å². The van der Waals surface area contributed by atoms with E-state index in [4.69, 9.17) is 0 Å². The van der Waals surface area contributed by atoms with Crippen LogP contribution < -0.4 is 0 Å². The smallest absolute Gasteiger partial charge is 0.314 e. The standard InChI is InChI=1S/C15H24N4O2/c1-10(2)18-8-5-11(6-9-18)13-16-14-12(15(20)21)4-3-7-19(14)17-13/h10-12H,3-9H2,1-2H3,(H,20,21). The molecule has 1 saturated heterocycles. The molecule has 1 aromatic rings. The third-order valence-corrected chi connectivity index (χ3v) is 4.81. The van der Waals surface area contributed by atoms with Crippen molar-refractivity contribution in [1.29, 1.82) is 0 Å². The van der Waals surface area contributed by atoms with Crippen molar-refractivity contribution in [3.05, 3.63) is 11.6 Å². The number of hydrogen-bond donors (Lipinski definition) is 1. The highest BCUT2D eigenvalue weighted by atomic mass is 16.4. The molecule has 1 fully saturated rings. The van der Waals surface area contributed by atoms with Gasteiger partial charge < -0.3 is 10.0 Å². The van der Waals surface area contributed by atoms with Gasteiger partial charge in [0.25, 0.3) is 0 Å². The number of carboxylic acid groups (broad SMARTS) is 1. The van der Waals surface area contributed by atoms with Crippen molar-refractivity contribution in [2.24, 2.45) is 0 Å². The Labute approximate surface area is 125 Å². The van der Waals surface area contributed by atoms with Crippen LogP contribution in [0.4, 0.5) is 0 Å². The number of carbonyl (C=O) groups is 1. The zero-order valence-electron chi connectivity index (χ0n) is 12.8. The molecule has 6 heteroatoms. The van der Waals surface area contributed by atoms with E-state index in [9.17, 15) is 9.90 Å². The van der Waals surface area contributed by atoms with Gasteiger partial charge in [0.1, 0.15) is 11.7 Å². The van der Waals surface area contributed by atoms with Crippen molar-refractivity contribution in [2.45, 2.75) is 64.0 Å². The third-order valence-electron chi connectivity index (χ3n) is 4.81. The van der Waals surface area contributed by atoms with Gasteiger partial charge in [0.2, 0.25) is 0 Å². The molecule has 116 valence electrons. The van der Waals surface area contributed by atoms with E-state index in [2.05, 4.69) is 28.8 Å². The van der Waals surface area contributed by atoms with Crippen LogP contribution in [0, 0.1) is 0 Å². The van der Waals surface area contributed by atoms with Gasteiger partial charge in [0, 0.05) is 18.5 Å². The van der Waals surface area contributed by atoms with Crippen LogP contribution in [-0.4, -0.2) is 49.9 Å². The van der Waals surface area contributed by atoms with Crippen molar-refractivity contribution >= 4 is 5.97 Å². The number of aromatic nitrogens is 3. The minimum Gasteiger partial charge on any atom is -0.481 e. The molecule has 3 heterocycles. The van der Waals surface area contributed by atoms with Gasteiger partial charge >= 0.3 is 5.97 Å². The van der Waals surface area contributed by atoms with Gasteiger partial charge in [0.15, 0.2) is 5.82 Å². The highest BCUT2D eigenvalue weighted by molar-refractivity contribution is 5.75. The molecule has 1 unspecified atom stereocenters. The van der Waals surface area contributed by atoms with Crippen LogP contribution in [-0.2, 0) is 11.3 Å². The van der Waals surface area contributed by atoms with Gasteiger partial charge in [-0.05, 0) is 52.6 Å². The number of carboxylic acids is 1. The molecule has 6 nitrogen and oxygen atoms in total. The van der Waals surface area contributed by atoms with Gasteiger partial charge in [0.05, 0.1) is 0 Å². The van der Waals surface area contributed by atoms with Gasteiger partial charge in [-0.25, -0.2) is 9.67 Å². The fraction of sp³-hybridized carbons (Fsp3) is 0.800. The summed E-state index contributed by atoms with van der Waals surface area (Å²) in [6, 6.07) is 0.588. The van der Waals surface area contributed by atoms with E-state index in [1.54, 1.807) is 0 Å². The summed E-state index contributed by atoms with van der Waals surface area (Å²) in [5.41, 5.74) is 0. The summed E-state index contributed by atoms with van der Waals surface area (Å²) in [5.74, 6) is 0.657. The van der Waals surface area contributed by atoms with Crippen LogP contribution in [0.25, 0.3) is 0 Å². The minimum atomic E-state index is -0.774. The maximum Gasteiger partial charge on any atom is 0.314 e. The number of aryl methyl sites for hydroxylation is 1. The minimum absolute atomic E-state index is 0.382. The van der Waals surface area contributed by atoms with Crippen LogP contribution in [0.1, 0.15) is 63.0 Å². The lowest BCUT2D eigenvalue weighted by atomic mass is 9.95. The molecule has 0 saturated carbocycles. The summed E-state index contributed by atoms with van der Waals surface area (Å²) < 4.78 is 1.83. The fourth-order valence-electron chi connectivity index (χ4n) is 3.45. The van der Waals surface area contributed by atoms with Gasteiger partial charge in [-0.15, -0.1) is 0 Å². The first-order valence-corrected chi connectivity index (χ1v) is 7.97. The van der Waals surface area contributed by atoms with E-state index in [0.29, 0.717) is 24.2 Å². The molecule has 0 aromatic carbocycles. The van der Waals surface area contributed by atoms with Crippen LogP contribution >= 0.6 is 0 Å². The number of piperidine rings is 1. The Morgan fingerprint density at radius 2 is 1.95 bits per heavy atom. The second-order valence-electron chi connectivity index (χ2n) is 6.49. The van der Waals surface area contributed by atoms with E-state index in [-0.39, 0.29) is 0 Å². The molecule has 0 aliphatic carbocycles. The largest absolute Gasteiger partial charge is 0.481 e. The summed E-state index contributed by atoms with van der Waals surface area (Å²) in [4.78, 5) is 18.4. The van der Waals surface area contributed by atoms with Crippen LogP contribution in [0.5, 0.6) is 0 Å². The normalized spacial score (nSPS) is 24.2. The molecule has 2 aliphatic heterocycles. The average molecular weight is 292 g/mol. The molecule has 0 bridgehead atoms. The zero-order valence-corrected chi connectivity index (χ0v) is 12.8. The molecule has 21 heavy (non-hydrogen) atoms. The number of fused-ring (bicyclic) bond motifs is 1. The van der Waals surface area contributed by atoms with Crippen LogP contribution in [0.3, 0.4) is 0 Å². The molecule has 1 aromatic heterocycles. The lowest BCUT2D eigenvalue weighted by molar-refractivity contribution is -0.139. The maximum atomic E-state index is 11.3. The zero-order chi connectivity index (χ0) is 15.0. The van der Waals surface area contributed by atoms with Crippen molar-refractivity contribution in [1.82, 2.24) is 19.7 Å². The second-order valence-corrected chi connectivity index (χ2v) is 6.49. The molecule has 2 aliphatic rings. The predicted octanol–water partition coefficient (Wildman–Crippen LogP) is 1.83. The summed E-state index contributed by atoms with van der Waals surface area (Å²) in [6.07, 6.45) is 3.69. The third kappa shape index (κ3) is 2.81. The summed E-state index contributed by atoms with van der Waals surface area (Å²) in [6.45, 7) is 7.41. The van der Waals surface area contributed by atoms with Gasteiger partial charge in [-0.1, -0.05) is 0 Å². The Bertz CT molecular complexity index is 518. The first-order chi connectivity index (χ1) is 10.1. The molecule has 0 spiro atoms. The van der Waals surface area contributed by atoms with Crippen molar-refractivity contribution in [2.75, 3.05) is 13.1 Å².